The Bertz CT molecular complexity index is 539. The minimum absolute atomic E-state index is 0. The van der Waals surface area contributed by atoms with Crippen molar-refractivity contribution in [3.63, 3.8) is 0 Å². The van der Waals surface area contributed by atoms with E-state index >= 15 is 0 Å². The zero-order valence-corrected chi connectivity index (χ0v) is 18.5. The van der Waals surface area contributed by atoms with Gasteiger partial charge in [-0.05, 0) is 12.8 Å². The van der Waals surface area contributed by atoms with E-state index in [1.54, 1.807) is 0 Å². The van der Waals surface area contributed by atoms with Crippen molar-refractivity contribution in [3.8, 4) is 0 Å². The van der Waals surface area contributed by atoms with Crippen molar-refractivity contribution >= 4 is 51.6 Å². The third-order valence-electron chi connectivity index (χ3n) is 4.43. The van der Waals surface area contributed by atoms with Crippen LogP contribution < -0.4 is 0 Å². The van der Waals surface area contributed by atoms with Gasteiger partial charge in [0.05, 0.1) is 25.4 Å². The first-order chi connectivity index (χ1) is 13.8. The van der Waals surface area contributed by atoms with Gasteiger partial charge in [-0.25, -0.2) is 4.79 Å². The maximum atomic E-state index is 11.6. The van der Waals surface area contributed by atoms with Gasteiger partial charge < -0.3 is 14.6 Å². The molecule has 0 heterocycles. The Morgan fingerprint density at radius 3 is 1.77 bits per heavy atom. The van der Waals surface area contributed by atoms with Crippen LogP contribution in [-0.2, 0) is 29.2 Å². The summed E-state index contributed by atoms with van der Waals surface area (Å²) in [6.07, 6.45) is 10.9. The van der Waals surface area contributed by atoms with Crippen LogP contribution in [0.3, 0.4) is 0 Å². The second-order valence-corrected chi connectivity index (χ2v) is 8.86. The van der Waals surface area contributed by atoms with Crippen LogP contribution >= 0.6 is 0 Å². The van der Waals surface area contributed by atoms with Gasteiger partial charge in [0.1, 0.15) is 0 Å². The number of hydrogen-bond donors (Lipinski definition) is 2. The van der Waals surface area contributed by atoms with Crippen molar-refractivity contribution < 1.29 is 37.1 Å². The third-order valence-corrected chi connectivity index (χ3v) is 5.24. The number of ether oxygens (including phenoxy) is 2. The SMILES string of the molecule is CCCCCCCCCCCCCOC(=O)CC(O)C(=O)OCCCS(=O)(=O)O.[NaH]. The van der Waals surface area contributed by atoms with Gasteiger partial charge in [-0.3, -0.25) is 9.35 Å². The average molecular weight is 463 g/mol. The van der Waals surface area contributed by atoms with Crippen LogP contribution in [0.2, 0.25) is 0 Å². The van der Waals surface area contributed by atoms with E-state index in [0.717, 1.165) is 19.3 Å². The van der Waals surface area contributed by atoms with Crippen LogP contribution in [0, 0.1) is 0 Å². The first kappa shape index (κ1) is 32.0. The molecule has 10 heteroatoms. The third kappa shape index (κ3) is 22.5. The summed E-state index contributed by atoms with van der Waals surface area (Å²) >= 11 is 0. The maximum absolute atomic E-state index is 11.6. The Hall–Kier alpha value is -0.190. The molecular weight excluding hydrogens is 423 g/mol. The average Bonchev–Trinajstić information content (AvgIpc) is 2.65. The number of esters is 2. The monoisotopic (exact) mass is 462 g/mol. The standard InChI is InChI=1S/C20H38O8S.Na.H/c1-2-3-4-5-6-7-8-9-10-11-12-14-27-19(22)17-18(21)20(23)28-15-13-16-29(24,25)26;;/h18,21H,2-17H2,1H3,(H,24,25,26);;. The molecule has 0 saturated carbocycles. The summed E-state index contributed by atoms with van der Waals surface area (Å²) in [6.45, 7) is 2.20. The van der Waals surface area contributed by atoms with E-state index < -0.39 is 40.3 Å². The van der Waals surface area contributed by atoms with E-state index in [2.05, 4.69) is 11.7 Å². The van der Waals surface area contributed by atoms with Crippen molar-refractivity contribution in [2.24, 2.45) is 0 Å². The number of carbonyl (C=O) groups is 2. The van der Waals surface area contributed by atoms with Crippen LogP contribution in [0.5, 0.6) is 0 Å². The van der Waals surface area contributed by atoms with Crippen molar-refractivity contribution in [3.05, 3.63) is 0 Å². The zero-order valence-electron chi connectivity index (χ0n) is 17.6. The fourth-order valence-electron chi connectivity index (χ4n) is 2.76. The fourth-order valence-corrected chi connectivity index (χ4v) is 3.25. The molecule has 1 atom stereocenters. The molecule has 0 saturated heterocycles. The van der Waals surface area contributed by atoms with Gasteiger partial charge in [-0.1, -0.05) is 71.1 Å². The normalized spacial score (nSPS) is 12.1. The van der Waals surface area contributed by atoms with Gasteiger partial charge in [-0.2, -0.15) is 8.42 Å². The summed E-state index contributed by atoms with van der Waals surface area (Å²) < 4.78 is 39.2. The van der Waals surface area contributed by atoms with Crippen LogP contribution in [0.15, 0.2) is 0 Å². The molecule has 0 aromatic rings. The zero-order chi connectivity index (χ0) is 22.0. The predicted molar refractivity (Wildman–Crippen MR) is 117 cm³/mol. The molecule has 30 heavy (non-hydrogen) atoms. The topological polar surface area (TPSA) is 127 Å². The molecule has 0 aliphatic rings. The summed E-state index contributed by atoms with van der Waals surface area (Å²) in [6, 6.07) is 0. The number of hydrogen-bond acceptors (Lipinski definition) is 7. The molecule has 0 amide bonds. The fraction of sp³-hybridized carbons (Fsp3) is 0.900. The molecular formula is C20H39NaO8S. The van der Waals surface area contributed by atoms with Gasteiger partial charge in [-0.15, -0.1) is 0 Å². The summed E-state index contributed by atoms with van der Waals surface area (Å²) in [5.74, 6) is -2.25. The molecule has 0 aromatic carbocycles. The molecule has 1 unspecified atom stereocenters. The van der Waals surface area contributed by atoms with Gasteiger partial charge >= 0.3 is 41.5 Å². The van der Waals surface area contributed by atoms with Crippen LogP contribution in [0.1, 0.15) is 90.4 Å². The number of aliphatic hydroxyl groups is 1. The Labute approximate surface area is 203 Å². The molecule has 2 N–H and O–H groups in total. The van der Waals surface area contributed by atoms with Crippen molar-refractivity contribution in [2.75, 3.05) is 19.0 Å². The van der Waals surface area contributed by atoms with E-state index in [1.807, 2.05) is 0 Å². The summed E-state index contributed by atoms with van der Waals surface area (Å²) in [7, 11) is -4.12. The number of carbonyl (C=O) groups excluding carboxylic acids is 2. The van der Waals surface area contributed by atoms with Gasteiger partial charge in [0.2, 0.25) is 0 Å². The van der Waals surface area contributed by atoms with Crippen molar-refractivity contribution in [1.82, 2.24) is 0 Å². The summed E-state index contributed by atoms with van der Waals surface area (Å²) in [4.78, 5) is 23.1. The Morgan fingerprint density at radius 2 is 1.27 bits per heavy atom. The second kappa shape index (κ2) is 20.7. The molecule has 0 aliphatic heterocycles. The van der Waals surface area contributed by atoms with Crippen molar-refractivity contribution in [2.45, 2.75) is 96.5 Å². The summed E-state index contributed by atoms with van der Waals surface area (Å²) in [5, 5.41) is 9.60. The molecule has 0 aliphatic carbocycles. The summed E-state index contributed by atoms with van der Waals surface area (Å²) in [5.41, 5.74) is 0. The molecule has 0 bridgehead atoms. The van der Waals surface area contributed by atoms with E-state index in [9.17, 15) is 23.1 Å². The Morgan fingerprint density at radius 1 is 0.800 bits per heavy atom. The molecule has 0 aromatic heterocycles. The van der Waals surface area contributed by atoms with Crippen LogP contribution in [0.25, 0.3) is 0 Å². The van der Waals surface area contributed by atoms with Gasteiger partial charge in [0, 0.05) is 0 Å². The van der Waals surface area contributed by atoms with Gasteiger partial charge in [0.15, 0.2) is 6.10 Å². The first-order valence-electron chi connectivity index (χ1n) is 10.7. The molecule has 174 valence electrons. The quantitative estimate of drug-likeness (QED) is 0.130. The number of unbranched alkanes of at least 4 members (excludes halogenated alkanes) is 10. The minimum atomic E-state index is -4.12. The molecule has 0 fully saturated rings. The van der Waals surface area contributed by atoms with E-state index in [1.165, 1.54) is 51.4 Å². The van der Waals surface area contributed by atoms with Crippen LogP contribution in [-0.4, -0.2) is 84.6 Å². The Balaban J connectivity index is 0. The Kier molecular flexibility index (Phi) is 22.1. The van der Waals surface area contributed by atoms with Crippen LogP contribution in [0.4, 0.5) is 0 Å². The van der Waals surface area contributed by atoms with E-state index in [0.29, 0.717) is 0 Å². The number of aliphatic hydroxyl groups excluding tert-OH is 1. The molecule has 0 radical (unpaired) electrons. The van der Waals surface area contributed by atoms with E-state index in [4.69, 9.17) is 9.29 Å². The van der Waals surface area contributed by atoms with E-state index in [-0.39, 0.29) is 49.2 Å². The number of rotatable bonds is 19. The predicted octanol–water partition coefficient (Wildman–Crippen LogP) is 2.76. The molecule has 0 rings (SSSR count). The molecule has 8 nitrogen and oxygen atoms in total. The molecule has 0 spiro atoms. The second-order valence-electron chi connectivity index (χ2n) is 7.28. The first-order valence-corrected chi connectivity index (χ1v) is 12.3. The van der Waals surface area contributed by atoms with Crippen molar-refractivity contribution in [1.29, 1.82) is 0 Å². The van der Waals surface area contributed by atoms with Gasteiger partial charge in [0.25, 0.3) is 10.1 Å².